The first-order valence-corrected chi connectivity index (χ1v) is 10.1. The van der Waals surface area contributed by atoms with Crippen LogP contribution in [-0.2, 0) is 10.0 Å². The predicted octanol–water partition coefficient (Wildman–Crippen LogP) is 2.03. The summed E-state index contributed by atoms with van der Waals surface area (Å²) in [4.78, 5) is 8.35. The molecule has 27 heavy (non-hydrogen) atoms. The second-order valence-corrected chi connectivity index (χ2v) is 8.11. The summed E-state index contributed by atoms with van der Waals surface area (Å²) in [5, 5.41) is 0. The second-order valence-electron chi connectivity index (χ2n) is 6.20. The summed E-state index contributed by atoms with van der Waals surface area (Å²) in [6, 6.07) is 6.41. The lowest BCUT2D eigenvalue weighted by molar-refractivity contribution is 0.124. The molecule has 0 unspecified atom stereocenters. The second kappa shape index (κ2) is 8.10. The molecule has 0 aliphatic carbocycles. The number of sulfonamides is 1. The van der Waals surface area contributed by atoms with Crippen molar-refractivity contribution in [3.8, 4) is 17.4 Å². The Bertz CT molecular complexity index is 904. The lowest BCUT2D eigenvalue weighted by Gasteiger charge is -2.32. The van der Waals surface area contributed by atoms with Gasteiger partial charge in [0.15, 0.2) is 0 Å². The van der Waals surface area contributed by atoms with E-state index in [1.807, 2.05) is 0 Å². The van der Waals surface area contributed by atoms with Crippen molar-refractivity contribution in [3.05, 3.63) is 36.3 Å². The summed E-state index contributed by atoms with van der Waals surface area (Å²) in [5.41, 5.74) is 0. The molecule has 1 fully saturated rings. The maximum absolute atomic E-state index is 13.2. The first-order chi connectivity index (χ1) is 12.9. The molecule has 1 aliphatic rings. The van der Waals surface area contributed by atoms with Gasteiger partial charge >= 0.3 is 0 Å². The summed E-state index contributed by atoms with van der Waals surface area (Å²) < 4.78 is 44.1. The number of piperidine rings is 1. The van der Waals surface area contributed by atoms with Crippen LogP contribution in [0, 0.1) is 6.92 Å². The third-order valence-electron chi connectivity index (χ3n) is 4.37. The Labute approximate surface area is 159 Å². The smallest absolute Gasteiger partial charge is 0.247 e. The topological polar surface area (TPSA) is 90.9 Å². The van der Waals surface area contributed by atoms with Crippen molar-refractivity contribution >= 4 is 10.0 Å². The van der Waals surface area contributed by atoms with Crippen molar-refractivity contribution in [1.29, 1.82) is 0 Å². The molecule has 0 amide bonds. The van der Waals surface area contributed by atoms with Crippen molar-refractivity contribution in [2.45, 2.75) is 30.8 Å². The highest BCUT2D eigenvalue weighted by Crippen LogP contribution is 2.32. The van der Waals surface area contributed by atoms with Gasteiger partial charge in [-0.05, 0) is 31.9 Å². The van der Waals surface area contributed by atoms with E-state index in [2.05, 4.69) is 9.97 Å². The van der Waals surface area contributed by atoms with E-state index in [0.29, 0.717) is 30.4 Å². The van der Waals surface area contributed by atoms with Crippen LogP contribution in [0.3, 0.4) is 0 Å². The number of aryl methyl sites for hydroxylation is 1. The van der Waals surface area contributed by atoms with Crippen LogP contribution in [0.25, 0.3) is 0 Å². The zero-order valence-electron chi connectivity index (χ0n) is 15.6. The van der Waals surface area contributed by atoms with Gasteiger partial charge in [-0.25, -0.2) is 13.4 Å². The predicted molar refractivity (Wildman–Crippen MR) is 98.7 cm³/mol. The van der Waals surface area contributed by atoms with Crippen LogP contribution in [-0.4, -0.2) is 56.1 Å². The maximum atomic E-state index is 13.2. The summed E-state index contributed by atoms with van der Waals surface area (Å²) in [6.45, 7) is 2.44. The zero-order chi connectivity index (χ0) is 19.4. The number of hydrogen-bond acceptors (Lipinski definition) is 7. The van der Waals surface area contributed by atoms with Gasteiger partial charge in [0.2, 0.25) is 15.9 Å². The first kappa shape index (κ1) is 19.4. The number of rotatable bonds is 6. The normalized spacial score (nSPS) is 18.1. The zero-order valence-corrected chi connectivity index (χ0v) is 16.4. The number of hydrogen-bond donors (Lipinski definition) is 0. The van der Waals surface area contributed by atoms with Crippen LogP contribution in [0.5, 0.6) is 17.4 Å². The van der Waals surface area contributed by atoms with Gasteiger partial charge in [-0.2, -0.15) is 9.29 Å². The molecule has 2 aromatic rings. The van der Waals surface area contributed by atoms with E-state index >= 15 is 0 Å². The quantitative estimate of drug-likeness (QED) is 0.742. The minimum atomic E-state index is -3.76. The molecule has 0 bridgehead atoms. The number of methoxy groups -OCH3 is 2. The standard InChI is InChI=1S/C18H23N3O5S/c1-13-19-9-8-18(20-13)26-15-5-4-10-21(12-15)27(22,23)17-11-14(24-2)6-7-16(17)25-3/h6-9,11,15H,4-5,10,12H2,1-3H3/t15-/m0/s1. The van der Waals surface area contributed by atoms with Crippen LogP contribution in [0.1, 0.15) is 18.7 Å². The molecular weight excluding hydrogens is 370 g/mol. The monoisotopic (exact) mass is 393 g/mol. The van der Waals surface area contributed by atoms with E-state index in [4.69, 9.17) is 14.2 Å². The van der Waals surface area contributed by atoms with Gasteiger partial charge in [0.25, 0.3) is 0 Å². The molecule has 146 valence electrons. The van der Waals surface area contributed by atoms with Gasteiger partial charge in [-0.15, -0.1) is 0 Å². The van der Waals surface area contributed by atoms with E-state index < -0.39 is 10.0 Å². The maximum Gasteiger partial charge on any atom is 0.247 e. The molecule has 0 radical (unpaired) electrons. The molecule has 1 atom stereocenters. The van der Waals surface area contributed by atoms with Gasteiger partial charge in [0.05, 0.1) is 20.8 Å². The lowest BCUT2D eigenvalue weighted by atomic mass is 10.1. The fourth-order valence-electron chi connectivity index (χ4n) is 3.02. The van der Waals surface area contributed by atoms with Crippen LogP contribution in [0.2, 0.25) is 0 Å². The highest BCUT2D eigenvalue weighted by molar-refractivity contribution is 7.89. The van der Waals surface area contributed by atoms with Crippen LogP contribution in [0.4, 0.5) is 0 Å². The van der Waals surface area contributed by atoms with Gasteiger partial charge in [-0.1, -0.05) is 0 Å². The number of benzene rings is 1. The molecule has 1 saturated heterocycles. The SMILES string of the molecule is COc1ccc(OC)c(S(=O)(=O)N2CCC[C@H](Oc3ccnc(C)n3)C2)c1. The number of aromatic nitrogens is 2. The van der Waals surface area contributed by atoms with E-state index in [1.54, 1.807) is 31.3 Å². The molecule has 1 aromatic carbocycles. The Morgan fingerprint density at radius 1 is 1.19 bits per heavy atom. The van der Waals surface area contributed by atoms with Gasteiger partial charge in [0, 0.05) is 24.9 Å². The molecule has 0 spiro atoms. The molecule has 1 aliphatic heterocycles. The van der Waals surface area contributed by atoms with Crippen molar-refractivity contribution in [3.63, 3.8) is 0 Å². The van der Waals surface area contributed by atoms with Crippen molar-refractivity contribution < 1.29 is 22.6 Å². The summed E-state index contributed by atoms with van der Waals surface area (Å²) >= 11 is 0. The first-order valence-electron chi connectivity index (χ1n) is 8.62. The fraction of sp³-hybridized carbons (Fsp3) is 0.444. The van der Waals surface area contributed by atoms with Crippen LogP contribution < -0.4 is 14.2 Å². The average molecular weight is 393 g/mol. The van der Waals surface area contributed by atoms with Crippen molar-refractivity contribution in [2.24, 2.45) is 0 Å². The molecule has 8 nitrogen and oxygen atoms in total. The largest absolute Gasteiger partial charge is 0.497 e. The Hall–Kier alpha value is -2.39. The highest BCUT2D eigenvalue weighted by atomic mass is 32.2. The minimum absolute atomic E-state index is 0.0860. The molecule has 0 N–H and O–H groups in total. The van der Waals surface area contributed by atoms with Crippen molar-refractivity contribution in [2.75, 3.05) is 27.3 Å². The van der Waals surface area contributed by atoms with Crippen LogP contribution in [0.15, 0.2) is 35.4 Å². The Morgan fingerprint density at radius 2 is 2.00 bits per heavy atom. The van der Waals surface area contributed by atoms with E-state index in [0.717, 1.165) is 6.42 Å². The Kier molecular flexibility index (Phi) is 5.81. The molecule has 1 aromatic heterocycles. The third-order valence-corrected chi connectivity index (χ3v) is 6.25. The van der Waals surface area contributed by atoms with Crippen LogP contribution >= 0.6 is 0 Å². The summed E-state index contributed by atoms with van der Waals surface area (Å²) in [5.74, 6) is 1.79. The minimum Gasteiger partial charge on any atom is -0.497 e. The van der Waals surface area contributed by atoms with Gasteiger partial charge in [0.1, 0.15) is 28.3 Å². The van der Waals surface area contributed by atoms with E-state index in [1.165, 1.54) is 24.6 Å². The molecule has 9 heteroatoms. The van der Waals surface area contributed by atoms with Gasteiger partial charge < -0.3 is 14.2 Å². The molecule has 3 rings (SSSR count). The summed E-state index contributed by atoms with van der Waals surface area (Å²) in [6.07, 6.45) is 2.79. The number of nitrogens with zero attached hydrogens (tertiary/aromatic N) is 3. The third kappa shape index (κ3) is 4.30. The molecule has 0 saturated carbocycles. The van der Waals surface area contributed by atoms with E-state index in [-0.39, 0.29) is 23.3 Å². The highest BCUT2D eigenvalue weighted by Gasteiger charge is 2.33. The molecular formula is C18H23N3O5S. The van der Waals surface area contributed by atoms with E-state index in [9.17, 15) is 8.42 Å². The average Bonchev–Trinajstić information content (AvgIpc) is 2.67. The number of ether oxygens (including phenoxy) is 3. The lowest BCUT2D eigenvalue weighted by Crippen LogP contribution is -2.44. The van der Waals surface area contributed by atoms with Crippen molar-refractivity contribution in [1.82, 2.24) is 14.3 Å². The Balaban J connectivity index is 1.82. The van der Waals surface area contributed by atoms with Gasteiger partial charge in [-0.3, -0.25) is 0 Å². The fourth-order valence-corrected chi connectivity index (χ4v) is 4.70. The molecule has 2 heterocycles. The summed E-state index contributed by atoms with van der Waals surface area (Å²) in [7, 11) is -0.818. The Morgan fingerprint density at radius 3 is 2.70 bits per heavy atom.